The lowest BCUT2D eigenvalue weighted by molar-refractivity contribution is 0.427. The molecule has 0 aromatic heterocycles. The number of hydrogen-bond acceptors (Lipinski definition) is 0. The molecule has 0 N–H and O–H groups in total. The van der Waals surface area contributed by atoms with E-state index in [1.54, 1.807) is 11.1 Å². The molecule has 0 radical (unpaired) electrons. The predicted molar refractivity (Wildman–Crippen MR) is 50.6 cm³/mol. The summed E-state index contributed by atoms with van der Waals surface area (Å²) in [7, 11) is 0. The third kappa shape index (κ3) is 2.36. The molecule has 1 aliphatic carbocycles. The second kappa shape index (κ2) is 3.42. The van der Waals surface area contributed by atoms with Crippen molar-refractivity contribution in [2.75, 3.05) is 0 Å². The van der Waals surface area contributed by atoms with E-state index in [1.165, 1.54) is 19.3 Å². The molecule has 0 amide bonds. The van der Waals surface area contributed by atoms with E-state index in [4.69, 9.17) is 0 Å². The lowest BCUT2D eigenvalue weighted by Gasteiger charge is -2.11. The molecule has 0 aromatic rings. The van der Waals surface area contributed by atoms with E-state index in [0.717, 1.165) is 11.8 Å². The largest absolute Gasteiger partial charge is 0.0741 e. The zero-order valence-corrected chi connectivity index (χ0v) is 8.28. The van der Waals surface area contributed by atoms with Crippen molar-refractivity contribution in [2.24, 2.45) is 11.8 Å². The maximum Gasteiger partial charge on any atom is -0.0295 e. The van der Waals surface area contributed by atoms with E-state index >= 15 is 0 Å². The number of hydrogen-bond donors (Lipinski definition) is 0. The van der Waals surface area contributed by atoms with Crippen LogP contribution in [-0.4, -0.2) is 0 Å². The summed E-state index contributed by atoms with van der Waals surface area (Å²) in [5.74, 6) is 1.81. The lowest BCUT2D eigenvalue weighted by atomic mass is 9.95. The molecule has 64 valence electrons. The van der Waals surface area contributed by atoms with Gasteiger partial charge in [-0.15, -0.1) is 0 Å². The maximum atomic E-state index is 2.37. The van der Waals surface area contributed by atoms with Gasteiger partial charge in [0.05, 0.1) is 0 Å². The van der Waals surface area contributed by atoms with E-state index in [0.29, 0.717) is 0 Å². The molecule has 2 unspecified atom stereocenters. The van der Waals surface area contributed by atoms with Crippen LogP contribution in [0.15, 0.2) is 11.1 Å². The van der Waals surface area contributed by atoms with Crippen LogP contribution in [0.3, 0.4) is 0 Å². The van der Waals surface area contributed by atoms with Crippen LogP contribution in [0.2, 0.25) is 0 Å². The minimum atomic E-state index is 0.905. The van der Waals surface area contributed by atoms with Gasteiger partial charge >= 0.3 is 0 Å². The fourth-order valence-corrected chi connectivity index (χ4v) is 2.25. The summed E-state index contributed by atoms with van der Waals surface area (Å²) in [5, 5.41) is 0. The van der Waals surface area contributed by atoms with Gasteiger partial charge in [0.25, 0.3) is 0 Å². The zero-order chi connectivity index (χ0) is 8.43. The first-order valence-corrected chi connectivity index (χ1v) is 4.74. The molecule has 11 heavy (non-hydrogen) atoms. The van der Waals surface area contributed by atoms with Gasteiger partial charge in [0.1, 0.15) is 0 Å². The van der Waals surface area contributed by atoms with Gasteiger partial charge in [-0.3, -0.25) is 0 Å². The molecular formula is C11H20. The van der Waals surface area contributed by atoms with Gasteiger partial charge in [-0.2, -0.15) is 0 Å². The summed E-state index contributed by atoms with van der Waals surface area (Å²) in [4.78, 5) is 0. The van der Waals surface area contributed by atoms with Gasteiger partial charge < -0.3 is 0 Å². The molecule has 0 spiro atoms. The fourth-order valence-electron chi connectivity index (χ4n) is 2.25. The topological polar surface area (TPSA) is 0 Å². The molecular weight excluding hydrogens is 132 g/mol. The minimum absolute atomic E-state index is 0.905. The summed E-state index contributed by atoms with van der Waals surface area (Å²) in [5.41, 5.74) is 3.28. The van der Waals surface area contributed by atoms with Gasteiger partial charge in [0.15, 0.2) is 0 Å². The smallest absolute Gasteiger partial charge is 0.0295 e. The third-order valence-electron chi connectivity index (χ3n) is 2.84. The highest BCUT2D eigenvalue weighted by atomic mass is 14.2. The summed E-state index contributed by atoms with van der Waals surface area (Å²) < 4.78 is 0. The van der Waals surface area contributed by atoms with E-state index in [1.807, 2.05) is 0 Å². The van der Waals surface area contributed by atoms with Gasteiger partial charge in [-0.1, -0.05) is 25.0 Å². The number of allylic oxidation sites excluding steroid dienone is 2. The van der Waals surface area contributed by atoms with Crippen LogP contribution in [-0.2, 0) is 0 Å². The minimum Gasteiger partial charge on any atom is -0.0741 e. The van der Waals surface area contributed by atoms with Crippen molar-refractivity contribution < 1.29 is 0 Å². The van der Waals surface area contributed by atoms with E-state index in [9.17, 15) is 0 Å². The van der Waals surface area contributed by atoms with E-state index in [-0.39, 0.29) is 0 Å². The normalized spacial score (nSPS) is 33.8. The lowest BCUT2D eigenvalue weighted by Crippen LogP contribution is -1.99. The average Bonchev–Trinajstić information content (AvgIpc) is 1.93. The van der Waals surface area contributed by atoms with E-state index < -0.39 is 0 Å². The van der Waals surface area contributed by atoms with Crippen molar-refractivity contribution in [1.82, 2.24) is 0 Å². The van der Waals surface area contributed by atoms with Crippen LogP contribution < -0.4 is 0 Å². The molecule has 0 aromatic carbocycles. The Morgan fingerprint density at radius 3 is 1.64 bits per heavy atom. The second-order valence-corrected chi connectivity index (χ2v) is 4.41. The molecule has 0 nitrogen and oxygen atoms in total. The van der Waals surface area contributed by atoms with Crippen molar-refractivity contribution in [3.05, 3.63) is 11.1 Å². The highest BCUT2D eigenvalue weighted by molar-refractivity contribution is 5.12. The summed E-state index contributed by atoms with van der Waals surface area (Å²) in [6.07, 6.45) is 4.07. The molecule has 0 bridgehead atoms. The Morgan fingerprint density at radius 1 is 0.909 bits per heavy atom. The molecule has 0 saturated heterocycles. The second-order valence-electron chi connectivity index (χ2n) is 4.41. The van der Waals surface area contributed by atoms with Crippen molar-refractivity contribution in [1.29, 1.82) is 0 Å². The quantitative estimate of drug-likeness (QED) is 0.463. The summed E-state index contributed by atoms with van der Waals surface area (Å²) in [6.45, 7) is 9.34. The summed E-state index contributed by atoms with van der Waals surface area (Å²) >= 11 is 0. The molecule has 2 atom stereocenters. The highest BCUT2D eigenvalue weighted by Crippen LogP contribution is 2.30. The fraction of sp³-hybridized carbons (Fsp3) is 0.818. The molecule has 0 saturated carbocycles. The molecule has 1 aliphatic rings. The van der Waals surface area contributed by atoms with Crippen LogP contribution in [0.5, 0.6) is 0 Å². The van der Waals surface area contributed by atoms with Crippen molar-refractivity contribution >= 4 is 0 Å². The Bertz CT molecular complexity index is 147. The van der Waals surface area contributed by atoms with Gasteiger partial charge in [-0.05, 0) is 44.9 Å². The monoisotopic (exact) mass is 152 g/mol. The van der Waals surface area contributed by atoms with Gasteiger partial charge in [0, 0.05) is 0 Å². The molecule has 0 fully saturated rings. The standard InChI is InChI=1S/C11H20/c1-8-5-9(2)7-11(4)10(3)6-8/h8-9H,5-7H2,1-4H3. The Balaban J connectivity index is 2.69. The zero-order valence-electron chi connectivity index (χ0n) is 8.28. The molecule has 0 aliphatic heterocycles. The van der Waals surface area contributed by atoms with Crippen LogP contribution in [0.1, 0.15) is 47.0 Å². The number of rotatable bonds is 0. The Kier molecular flexibility index (Phi) is 2.75. The third-order valence-corrected chi connectivity index (χ3v) is 2.84. The SMILES string of the molecule is CC1=C(C)CC(C)CC(C)C1. The van der Waals surface area contributed by atoms with Crippen LogP contribution in [0, 0.1) is 11.8 Å². The predicted octanol–water partition coefficient (Wildman–Crippen LogP) is 3.78. The van der Waals surface area contributed by atoms with Crippen molar-refractivity contribution in [3.63, 3.8) is 0 Å². The first kappa shape index (κ1) is 8.83. The van der Waals surface area contributed by atoms with Gasteiger partial charge in [-0.25, -0.2) is 0 Å². The van der Waals surface area contributed by atoms with Crippen molar-refractivity contribution in [2.45, 2.75) is 47.0 Å². The summed E-state index contributed by atoms with van der Waals surface area (Å²) in [6, 6.07) is 0. The highest BCUT2D eigenvalue weighted by Gasteiger charge is 2.15. The van der Waals surface area contributed by atoms with Crippen LogP contribution >= 0.6 is 0 Å². The average molecular weight is 152 g/mol. The first-order valence-electron chi connectivity index (χ1n) is 4.74. The van der Waals surface area contributed by atoms with Crippen LogP contribution in [0.25, 0.3) is 0 Å². The molecule has 0 heterocycles. The van der Waals surface area contributed by atoms with Gasteiger partial charge in [0.2, 0.25) is 0 Å². The Morgan fingerprint density at radius 2 is 1.27 bits per heavy atom. The Hall–Kier alpha value is -0.260. The maximum absolute atomic E-state index is 2.37. The Labute approximate surface area is 70.7 Å². The first-order chi connectivity index (χ1) is 5.09. The van der Waals surface area contributed by atoms with Crippen LogP contribution in [0.4, 0.5) is 0 Å². The van der Waals surface area contributed by atoms with E-state index in [2.05, 4.69) is 27.7 Å². The van der Waals surface area contributed by atoms with Crippen molar-refractivity contribution in [3.8, 4) is 0 Å². The molecule has 0 heteroatoms. The molecule has 1 rings (SSSR count).